The molecule has 0 saturated heterocycles. The fourth-order valence-corrected chi connectivity index (χ4v) is 1.56. The van der Waals surface area contributed by atoms with E-state index in [1.807, 2.05) is 0 Å². The van der Waals surface area contributed by atoms with Crippen LogP contribution >= 0.6 is 15.9 Å². The van der Waals surface area contributed by atoms with Crippen LogP contribution in [0.25, 0.3) is 0 Å². The van der Waals surface area contributed by atoms with Gasteiger partial charge in [-0.2, -0.15) is 0 Å². The van der Waals surface area contributed by atoms with Crippen molar-refractivity contribution in [3.63, 3.8) is 0 Å². The number of hydrogen-bond donors (Lipinski definition) is 2. The van der Waals surface area contributed by atoms with Gasteiger partial charge in [0.15, 0.2) is 0 Å². The molecular weight excluding hydrogens is 287 g/mol. The smallest absolute Gasteiger partial charge is 0.242 e. The van der Waals surface area contributed by atoms with Crippen LogP contribution in [0.2, 0.25) is 0 Å². The predicted molar refractivity (Wildman–Crippen MR) is 69.0 cm³/mol. The molecule has 2 N–H and O–H groups in total. The summed E-state index contributed by atoms with van der Waals surface area (Å²) in [5.74, 6) is 1.61. The Bertz CT molecular complexity index is 456. The van der Waals surface area contributed by atoms with Crippen molar-refractivity contribution in [1.82, 2.24) is 5.32 Å². The first-order chi connectivity index (χ1) is 8.04. The third-order valence-electron chi connectivity index (χ3n) is 2.06. The van der Waals surface area contributed by atoms with Gasteiger partial charge in [-0.1, -0.05) is 21.9 Å². The van der Waals surface area contributed by atoms with E-state index in [1.165, 1.54) is 6.07 Å². The van der Waals surface area contributed by atoms with E-state index in [0.717, 1.165) is 4.47 Å². The van der Waals surface area contributed by atoms with E-state index in [0.29, 0.717) is 0 Å². The maximum Gasteiger partial charge on any atom is 0.242 e. The minimum Gasteiger partial charge on any atom is -0.371 e. The molecule has 90 valence electrons. The zero-order valence-electron chi connectivity index (χ0n) is 9.26. The molecule has 0 bridgehead atoms. The molecule has 0 aliphatic carbocycles. The van der Waals surface area contributed by atoms with E-state index in [-0.39, 0.29) is 18.1 Å². The number of benzene rings is 1. The maximum absolute atomic E-state index is 13.4. The van der Waals surface area contributed by atoms with Gasteiger partial charge in [-0.15, -0.1) is 6.42 Å². The van der Waals surface area contributed by atoms with Crippen LogP contribution in [0, 0.1) is 18.2 Å². The minimum absolute atomic E-state index is 0.159. The molecule has 0 saturated carbocycles. The number of anilines is 1. The van der Waals surface area contributed by atoms with Crippen molar-refractivity contribution in [3.05, 3.63) is 28.5 Å². The van der Waals surface area contributed by atoms with Crippen molar-refractivity contribution in [2.45, 2.75) is 13.0 Å². The molecule has 0 aliphatic heterocycles. The standard InChI is InChI=1S/C12H12BrFN2O/c1-3-6-15-12(17)8(2)16-11-7-9(13)4-5-10(11)14/h1,4-5,7-8,16H,6H2,2H3,(H,15,17). The molecule has 5 heteroatoms. The number of carbonyl (C=O) groups excluding carboxylic acids is 1. The Morgan fingerprint density at radius 2 is 2.35 bits per heavy atom. The Morgan fingerprint density at radius 3 is 3.00 bits per heavy atom. The Labute approximate surface area is 108 Å². The molecule has 0 spiro atoms. The summed E-state index contributed by atoms with van der Waals surface area (Å²) in [7, 11) is 0. The number of hydrogen-bond acceptors (Lipinski definition) is 2. The molecule has 0 radical (unpaired) electrons. The zero-order valence-corrected chi connectivity index (χ0v) is 10.8. The minimum atomic E-state index is -0.563. The first-order valence-corrected chi connectivity index (χ1v) is 5.76. The summed E-state index contributed by atoms with van der Waals surface area (Å²) in [5.41, 5.74) is 0.266. The Balaban J connectivity index is 2.67. The molecule has 1 aromatic carbocycles. The van der Waals surface area contributed by atoms with Crippen LogP contribution in [-0.4, -0.2) is 18.5 Å². The van der Waals surface area contributed by atoms with Gasteiger partial charge in [0.1, 0.15) is 11.9 Å². The average molecular weight is 299 g/mol. The molecule has 0 aromatic heterocycles. The number of halogens is 2. The molecule has 1 aromatic rings. The molecule has 0 fully saturated rings. The molecular formula is C12H12BrFN2O. The van der Waals surface area contributed by atoms with Crippen LogP contribution in [-0.2, 0) is 4.79 Å². The summed E-state index contributed by atoms with van der Waals surface area (Å²) >= 11 is 3.23. The first kappa shape index (κ1) is 13.5. The molecule has 0 heterocycles. The second kappa shape index (κ2) is 6.26. The summed E-state index contributed by atoms with van der Waals surface area (Å²) in [6.07, 6.45) is 5.02. The molecule has 1 atom stereocenters. The third-order valence-corrected chi connectivity index (χ3v) is 2.55. The van der Waals surface area contributed by atoms with Crippen LogP contribution in [0.4, 0.5) is 10.1 Å². The third kappa shape index (κ3) is 4.08. The summed E-state index contributed by atoms with van der Waals surface area (Å²) in [6.45, 7) is 1.79. The lowest BCUT2D eigenvalue weighted by Gasteiger charge is -2.15. The highest BCUT2D eigenvalue weighted by Crippen LogP contribution is 2.20. The quantitative estimate of drug-likeness (QED) is 0.836. The van der Waals surface area contributed by atoms with Crippen molar-refractivity contribution in [2.75, 3.05) is 11.9 Å². The molecule has 17 heavy (non-hydrogen) atoms. The highest BCUT2D eigenvalue weighted by Gasteiger charge is 2.13. The largest absolute Gasteiger partial charge is 0.371 e. The van der Waals surface area contributed by atoms with Gasteiger partial charge < -0.3 is 10.6 Å². The molecule has 0 aliphatic rings. The van der Waals surface area contributed by atoms with Crippen molar-refractivity contribution >= 4 is 27.5 Å². The van der Waals surface area contributed by atoms with E-state index in [1.54, 1.807) is 19.1 Å². The van der Waals surface area contributed by atoms with Crippen LogP contribution < -0.4 is 10.6 Å². The summed E-state index contributed by atoms with van der Waals surface area (Å²) in [4.78, 5) is 11.5. The second-order valence-corrected chi connectivity index (χ2v) is 4.33. The SMILES string of the molecule is C#CCNC(=O)C(C)Nc1cc(Br)ccc1F. The van der Waals surface area contributed by atoms with Gasteiger partial charge >= 0.3 is 0 Å². The number of carbonyl (C=O) groups is 1. The number of terminal acetylenes is 1. The molecule has 1 rings (SSSR count). The van der Waals surface area contributed by atoms with Gasteiger partial charge in [-0.25, -0.2) is 4.39 Å². The van der Waals surface area contributed by atoms with Gasteiger partial charge in [0.25, 0.3) is 0 Å². The number of rotatable bonds is 4. The first-order valence-electron chi connectivity index (χ1n) is 4.97. The van der Waals surface area contributed by atoms with Crippen LogP contribution in [0.3, 0.4) is 0 Å². The molecule has 1 unspecified atom stereocenters. The van der Waals surface area contributed by atoms with E-state index >= 15 is 0 Å². The monoisotopic (exact) mass is 298 g/mol. The Morgan fingerprint density at radius 1 is 1.65 bits per heavy atom. The highest BCUT2D eigenvalue weighted by atomic mass is 79.9. The highest BCUT2D eigenvalue weighted by molar-refractivity contribution is 9.10. The van der Waals surface area contributed by atoms with Gasteiger partial charge in [0.2, 0.25) is 5.91 Å². The number of nitrogens with one attached hydrogen (secondary N) is 2. The van der Waals surface area contributed by atoms with E-state index in [9.17, 15) is 9.18 Å². The fraction of sp³-hybridized carbons (Fsp3) is 0.250. The molecule has 1 amide bonds. The molecule has 3 nitrogen and oxygen atoms in total. The van der Waals surface area contributed by atoms with Gasteiger partial charge in [0, 0.05) is 4.47 Å². The lowest BCUT2D eigenvalue weighted by atomic mass is 10.2. The van der Waals surface area contributed by atoms with Crippen molar-refractivity contribution in [2.24, 2.45) is 0 Å². The van der Waals surface area contributed by atoms with Gasteiger partial charge in [-0.05, 0) is 25.1 Å². The Hall–Kier alpha value is -1.54. The zero-order chi connectivity index (χ0) is 12.8. The topological polar surface area (TPSA) is 41.1 Å². The summed E-state index contributed by atoms with van der Waals surface area (Å²) in [6, 6.07) is 3.91. The average Bonchev–Trinajstić information content (AvgIpc) is 2.30. The van der Waals surface area contributed by atoms with Crippen LogP contribution in [0.15, 0.2) is 22.7 Å². The predicted octanol–water partition coefficient (Wildman–Crippen LogP) is 2.14. The summed E-state index contributed by atoms with van der Waals surface area (Å²) < 4.78 is 14.1. The lowest BCUT2D eigenvalue weighted by Crippen LogP contribution is -2.37. The van der Waals surface area contributed by atoms with Crippen molar-refractivity contribution < 1.29 is 9.18 Å². The van der Waals surface area contributed by atoms with Crippen LogP contribution in [0.5, 0.6) is 0 Å². The van der Waals surface area contributed by atoms with Crippen molar-refractivity contribution in [3.8, 4) is 12.3 Å². The van der Waals surface area contributed by atoms with Gasteiger partial charge in [0.05, 0.1) is 12.2 Å². The Kier molecular flexibility index (Phi) is 4.98. The summed E-state index contributed by atoms with van der Waals surface area (Å²) in [5, 5.41) is 5.29. The normalized spacial score (nSPS) is 11.4. The van der Waals surface area contributed by atoms with Gasteiger partial charge in [-0.3, -0.25) is 4.79 Å². The lowest BCUT2D eigenvalue weighted by molar-refractivity contribution is -0.121. The van der Waals surface area contributed by atoms with Crippen molar-refractivity contribution in [1.29, 1.82) is 0 Å². The number of amides is 1. The fourth-order valence-electron chi connectivity index (χ4n) is 1.20. The van der Waals surface area contributed by atoms with Crippen LogP contribution in [0.1, 0.15) is 6.92 Å². The van der Waals surface area contributed by atoms with E-state index < -0.39 is 11.9 Å². The van der Waals surface area contributed by atoms with E-state index in [2.05, 4.69) is 32.5 Å². The maximum atomic E-state index is 13.4. The second-order valence-electron chi connectivity index (χ2n) is 3.41. The van der Waals surface area contributed by atoms with E-state index in [4.69, 9.17) is 6.42 Å².